The topological polar surface area (TPSA) is 87.7 Å². The molecule has 0 fully saturated rings. The van der Waals surface area contributed by atoms with Crippen LogP contribution in [0.25, 0.3) is 6.08 Å². The number of anilines is 2. The lowest BCUT2D eigenvalue weighted by molar-refractivity contribution is -0.129. The average Bonchev–Trinajstić information content (AvgIpc) is 2.67. The first-order valence-electron chi connectivity index (χ1n) is 9.20. The zero-order chi connectivity index (χ0) is 21.0. The highest BCUT2D eigenvalue weighted by Crippen LogP contribution is 2.34. The number of nitrogens with one attached hydrogen (secondary N) is 2. The van der Waals surface area contributed by atoms with Crippen molar-refractivity contribution in [1.29, 1.82) is 0 Å². The molecule has 2 aromatic rings. The summed E-state index contributed by atoms with van der Waals surface area (Å²) in [5.41, 5.74) is 2.88. The van der Waals surface area contributed by atoms with Crippen LogP contribution in [-0.2, 0) is 14.4 Å². The van der Waals surface area contributed by atoms with Crippen LogP contribution < -0.4 is 15.4 Å². The molecule has 3 amide bonds. The van der Waals surface area contributed by atoms with Gasteiger partial charge < -0.3 is 20.3 Å². The molecule has 150 valence electrons. The first-order chi connectivity index (χ1) is 13.9. The zero-order valence-corrected chi connectivity index (χ0v) is 16.6. The first-order valence-corrected chi connectivity index (χ1v) is 9.20. The fourth-order valence-corrected chi connectivity index (χ4v) is 3.38. The van der Waals surface area contributed by atoms with Gasteiger partial charge in [-0.25, -0.2) is 0 Å². The van der Waals surface area contributed by atoms with Crippen LogP contribution in [0.2, 0.25) is 0 Å². The third-order valence-electron chi connectivity index (χ3n) is 4.64. The average molecular weight is 393 g/mol. The minimum atomic E-state index is -0.404. The number of rotatable bonds is 5. The number of fused-ring (bicyclic) bond motifs is 1. The molecule has 29 heavy (non-hydrogen) atoms. The summed E-state index contributed by atoms with van der Waals surface area (Å²) in [5.74, 6) is -0.154. The van der Waals surface area contributed by atoms with Gasteiger partial charge in [-0.15, -0.1) is 0 Å². The second-order valence-corrected chi connectivity index (χ2v) is 6.74. The number of hydrogen-bond acceptors (Lipinski definition) is 4. The Balaban J connectivity index is 1.83. The normalized spacial score (nSPS) is 14.7. The number of carbonyl (C=O) groups excluding carboxylic acids is 3. The molecular formula is C22H23N3O4. The van der Waals surface area contributed by atoms with Gasteiger partial charge in [0.05, 0.1) is 25.3 Å². The summed E-state index contributed by atoms with van der Waals surface area (Å²) in [6.07, 6.45) is 3.65. The predicted molar refractivity (Wildman–Crippen MR) is 111 cm³/mol. The highest BCUT2D eigenvalue weighted by molar-refractivity contribution is 5.95. The summed E-state index contributed by atoms with van der Waals surface area (Å²) in [5, 5.41) is 5.51. The predicted octanol–water partition coefficient (Wildman–Crippen LogP) is 3.56. The van der Waals surface area contributed by atoms with E-state index in [4.69, 9.17) is 4.74 Å². The van der Waals surface area contributed by atoms with E-state index in [-0.39, 0.29) is 24.1 Å². The molecule has 2 aromatic carbocycles. The Hall–Kier alpha value is -3.61. The van der Waals surface area contributed by atoms with E-state index >= 15 is 0 Å². The second kappa shape index (κ2) is 8.60. The Bertz CT molecular complexity index is 984. The van der Waals surface area contributed by atoms with Gasteiger partial charge in [0.25, 0.3) is 0 Å². The van der Waals surface area contributed by atoms with Crippen molar-refractivity contribution in [2.24, 2.45) is 0 Å². The van der Waals surface area contributed by atoms with Crippen molar-refractivity contribution in [2.45, 2.75) is 26.3 Å². The molecule has 1 aliphatic rings. The molecule has 0 aliphatic carbocycles. The summed E-state index contributed by atoms with van der Waals surface area (Å²) in [7, 11) is 1.50. The SMILES string of the molecule is COc1ccc(NC(C)=O)cc1NC(=O)C[C@H]1c2ccccc2C=CN1C(C)=O. The van der Waals surface area contributed by atoms with Gasteiger partial charge in [0.1, 0.15) is 5.75 Å². The van der Waals surface area contributed by atoms with E-state index in [1.807, 2.05) is 30.3 Å². The van der Waals surface area contributed by atoms with E-state index < -0.39 is 6.04 Å². The highest BCUT2D eigenvalue weighted by atomic mass is 16.5. The minimum Gasteiger partial charge on any atom is -0.495 e. The molecule has 7 heteroatoms. The van der Waals surface area contributed by atoms with E-state index in [1.54, 1.807) is 29.3 Å². The maximum Gasteiger partial charge on any atom is 0.226 e. The number of methoxy groups -OCH3 is 1. The monoisotopic (exact) mass is 393 g/mol. The van der Waals surface area contributed by atoms with Crippen LogP contribution in [0, 0.1) is 0 Å². The van der Waals surface area contributed by atoms with Crippen LogP contribution >= 0.6 is 0 Å². The van der Waals surface area contributed by atoms with Crippen molar-refractivity contribution in [3.05, 3.63) is 59.8 Å². The number of carbonyl (C=O) groups is 3. The largest absolute Gasteiger partial charge is 0.495 e. The van der Waals surface area contributed by atoms with Gasteiger partial charge >= 0.3 is 0 Å². The molecule has 0 saturated heterocycles. The van der Waals surface area contributed by atoms with Crippen LogP contribution in [0.15, 0.2) is 48.7 Å². The van der Waals surface area contributed by atoms with Crippen molar-refractivity contribution in [3.63, 3.8) is 0 Å². The number of ether oxygens (including phenoxy) is 1. The molecule has 3 rings (SSSR count). The van der Waals surface area contributed by atoms with Gasteiger partial charge in [0.15, 0.2) is 0 Å². The van der Waals surface area contributed by atoms with Gasteiger partial charge in [0, 0.05) is 25.7 Å². The maximum absolute atomic E-state index is 12.8. The van der Waals surface area contributed by atoms with E-state index in [1.165, 1.54) is 21.0 Å². The van der Waals surface area contributed by atoms with Crippen LogP contribution in [0.3, 0.4) is 0 Å². The van der Waals surface area contributed by atoms with Crippen molar-refractivity contribution < 1.29 is 19.1 Å². The second-order valence-electron chi connectivity index (χ2n) is 6.74. The van der Waals surface area contributed by atoms with E-state index in [9.17, 15) is 14.4 Å². The molecule has 0 spiro atoms. The lowest BCUT2D eigenvalue weighted by Crippen LogP contribution is -2.33. The zero-order valence-electron chi connectivity index (χ0n) is 16.6. The van der Waals surface area contributed by atoms with E-state index in [2.05, 4.69) is 10.6 Å². The van der Waals surface area contributed by atoms with Gasteiger partial charge in [0.2, 0.25) is 17.7 Å². The summed E-state index contributed by atoms with van der Waals surface area (Å²) in [6.45, 7) is 2.88. The minimum absolute atomic E-state index is 0.0778. The summed E-state index contributed by atoms with van der Waals surface area (Å²) >= 11 is 0. The Kier molecular flexibility index (Phi) is 5.97. The number of nitrogens with zero attached hydrogens (tertiary/aromatic N) is 1. The van der Waals surface area contributed by atoms with Crippen LogP contribution in [-0.4, -0.2) is 29.7 Å². The standard InChI is InChI=1S/C22H23N3O4/c1-14(26)23-17-8-9-21(29-3)19(12-17)24-22(28)13-20-18-7-5-4-6-16(18)10-11-25(20)15(2)27/h4-12,20H,13H2,1-3H3,(H,23,26)(H,24,28)/t20-/m0/s1. The molecule has 0 unspecified atom stereocenters. The van der Waals surface area contributed by atoms with Crippen molar-refractivity contribution in [2.75, 3.05) is 17.7 Å². The van der Waals surface area contributed by atoms with Crippen molar-refractivity contribution in [1.82, 2.24) is 4.90 Å². The summed E-state index contributed by atoms with van der Waals surface area (Å²) in [4.78, 5) is 37.8. The molecule has 1 aliphatic heterocycles. The molecule has 0 saturated carbocycles. The van der Waals surface area contributed by atoms with Gasteiger partial charge in [-0.1, -0.05) is 24.3 Å². The lowest BCUT2D eigenvalue weighted by Gasteiger charge is -2.32. The Morgan fingerprint density at radius 1 is 1.07 bits per heavy atom. The number of amides is 3. The third kappa shape index (κ3) is 4.63. The molecule has 7 nitrogen and oxygen atoms in total. The Morgan fingerprint density at radius 3 is 2.52 bits per heavy atom. The molecule has 1 atom stereocenters. The van der Waals surface area contributed by atoms with E-state index in [0.717, 1.165) is 11.1 Å². The van der Waals surface area contributed by atoms with Crippen molar-refractivity contribution >= 4 is 35.2 Å². The number of benzene rings is 2. The Labute approximate surface area is 169 Å². The maximum atomic E-state index is 12.8. The summed E-state index contributed by atoms with van der Waals surface area (Å²) in [6, 6.07) is 12.3. The van der Waals surface area contributed by atoms with Crippen molar-refractivity contribution in [3.8, 4) is 5.75 Å². The van der Waals surface area contributed by atoms with Gasteiger partial charge in [-0.2, -0.15) is 0 Å². The number of hydrogen-bond donors (Lipinski definition) is 2. The molecule has 0 bridgehead atoms. The Morgan fingerprint density at radius 2 is 1.83 bits per heavy atom. The van der Waals surface area contributed by atoms with Crippen LogP contribution in [0.5, 0.6) is 5.75 Å². The van der Waals surface area contributed by atoms with Gasteiger partial charge in [-0.05, 0) is 35.4 Å². The fourth-order valence-electron chi connectivity index (χ4n) is 3.38. The molecular weight excluding hydrogens is 370 g/mol. The van der Waals surface area contributed by atoms with Crippen LogP contribution in [0.1, 0.15) is 37.4 Å². The molecule has 0 aromatic heterocycles. The van der Waals surface area contributed by atoms with Gasteiger partial charge in [-0.3, -0.25) is 14.4 Å². The smallest absolute Gasteiger partial charge is 0.226 e. The van der Waals surface area contributed by atoms with E-state index in [0.29, 0.717) is 17.1 Å². The summed E-state index contributed by atoms with van der Waals surface area (Å²) < 4.78 is 5.31. The lowest BCUT2D eigenvalue weighted by atomic mass is 9.93. The molecule has 1 heterocycles. The molecule has 0 radical (unpaired) electrons. The first kappa shape index (κ1) is 20.1. The quantitative estimate of drug-likeness (QED) is 0.813. The van der Waals surface area contributed by atoms with Crippen LogP contribution in [0.4, 0.5) is 11.4 Å². The molecule has 2 N–H and O–H groups in total. The highest BCUT2D eigenvalue weighted by Gasteiger charge is 2.28. The fraction of sp³-hybridized carbons (Fsp3) is 0.227. The third-order valence-corrected chi connectivity index (χ3v) is 4.64.